The molecular formula is C25H26N2O2S. The molecule has 0 unspecified atom stereocenters. The van der Waals surface area contributed by atoms with E-state index in [1.807, 2.05) is 43.3 Å². The van der Waals surface area contributed by atoms with E-state index in [0.29, 0.717) is 22.7 Å². The van der Waals surface area contributed by atoms with Crippen molar-refractivity contribution in [1.29, 1.82) is 0 Å². The van der Waals surface area contributed by atoms with Crippen molar-refractivity contribution in [2.24, 2.45) is 0 Å². The summed E-state index contributed by atoms with van der Waals surface area (Å²) in [6.07, 6.45) is 1.79. The van der Waals surface area contributed by atoms with Crippen LogP contribution in [0.3, 0.4) is 0 Å². The molecule has 0 atom stereocenters. The number of hydrogen-bond acceptors (Lipinski definition) is 4. The third kappa shape index (κ3) is 4.53. The van der Waals surface area contributed by atoms with Gasteiger partial charge in [0.25, 0.3) is 0 Å². The Balaban J connectivity index is 1.47. The number of nitrogens with zero attached hydrogens (tertiary/aromatic N) is 1. The molecule has 1 aromatic heterocycles. The lowest BCUT2D eigenvalue weighted by Crippen LogP contribution is -2.37. The molecule has 30 heavy (non-hydrogen) atoms. The van der Waals surface area contributed by atoms with Crippen LogP contribution in [0.15, 0.2) is 54.6 Å². The van der Waals surface area contributed by atoms with Crippen LogP contribution in [-0.4, -0.2) is 29.7 Å². The fraction of sp³-hybridized carbons (Fsp3) is 0.280. The number of amides is 1. The van der Waals surface area contributed by atoms with E-state index in [2.05, 4.69) is 35.3 Å². The highest BCUT2D eigenvalue weighted by Gasteiger charge is 2.22. The molecule has 2 aromatic carbocycles. The van der Waals surface area contributed by atoms with E-state index in [4.69, 9.17) is 0 Å². The molecule has 1 aliphatic rings. The summed E-state index contributed by atoms with van der Waals surface area (Å²) >= 11 is 1.49. The van der Waals surface area contributed by atoms with Crippen molar-refractivity contribution in [2.45, 2.75) is 33.2 Å². The predicted octanol–water partition coefficient (Wildman–Crippen LogP) is 4.85. The topological polar surface area (TPSA) is 49.4 Å². The first kappa shape index (κ1) is 20.5. The number of benzene rings is 2. The van der Waals surface area contributed by atoms with Gasteiger partial charge in [-0.1, -0.05) is 61.0 Å². The van der Waals surface area contributed by atoms with Gasteiger partial charge in [0.05, 0.1) is 12.1 Å². The molecule has 0 saturated heterocycles. The lowest BCUT2D eigenvalue weighted by atomic mass is 10.00. The minimum Gasteiger partial charge on any atom is -0.316 e. The molecule has 4 nitrogen and oxygen atoms in total. The van der Waals surface area contributed by atoms with Crippen LogP contribution < -0.4 is 5.32 Å². The van der Waals surface area contributed by atoms with Crippen LogP contribution in [0.25, 0.3) is 0 Å². The minimum absolute atomic E-state index is 0.0480. The Morgan fingerprint density at radius 1 is 1.07 bits per heavy atom. The van der Waals surface area contributed by atoms with E-state index >= 15 is 0 Å². The van der Waals surface area contributed by atoms with E-state index in [1.54, 1.807) is 0 Å². The number of carbonyl (C=O) groups excluding carboxylic acids is 2. The number of aryl methyl sites for hydroxylation is 2. The highest BCUT2D eigenvalue weighted by atomic mass is 32.1. The number of nitrogens with one attached hydrogen (secondary N) is 1. The van der Waals surface area contributed by atoms with E-state index in [1.165, 1.54) is 22.5 Å². The Labute approximate surface area is 181 Å². The highest BCUT2D eigenvalue weighted by Crippen LogP contribution is 2.31. The largest absolute Gasteiger partial charge is 0.316 e. The third-order valence-electron chi connectivity index (χ3n) is 5.52. The molecule has 1 N–H and O–H groups in total. The average molecular weight is 419 g/mol. The highest BCUT2D eigenvalue weighted by molar-refractivity contribution is 7.16. The fourth-order valence-electron chi connectivity index (χ4n) is 3.80. The number of ketones is 1. The quantitative estimate of drug-likeness (QED) is 0.583. The van der Waals surface area contributed by atoms with Gasteiger partial charge in [0.15, 0.2) is 5.78 Å². The second kappa shape index (κ2) is 8.94. The van der Waals surface area contributed by atoms with Gasteiger partial charge in [-0.3, -0.25) is 14.5 Å². The zero-order chi connectivity index (χ0) is 21.1. The SMILES string of the molecule is CCc1cc(C(=O)c2ccc(C)cc2)c(NC(=O)CN2CCc3ccccc3C2)s1. The smallest absolute Gasteiger partial charge is 0.239 e. The Kier molecular flexibility index (Phi) is 6.11. The molecule has 0 radical (unpaired) electrons. The van der Waals surface area contributed by atoms with Crippen molar-refractivity contribution < 1.29 is 9.59 Å². The molecular weight excluding hydrogens is 392 g/mol. The summed E-state index contributed by atoms with van der Waals surface area (Å²) in [5.74, 6) is -0.120. The number of hydrogen-bond donors (Lipinski definition) is 1. The molecule has 0 saturated carbocycles. The van der Waals surface area contributed by atoms with Gasteiger partial charge in [-0.2, -0.15) is 0 Å². The van der Waals surface area contributed by atoms with Gasteiger partial charge in [-0.05, 0) is 37.0 Å². The van der Waals surface area contributed by atoms with Gasteiger partial charge < -0.3 is 5.32 Å². The fourth-order valence-corrected chi connectivity index (χ4v) is 4.81. The molecule has 0 bridgehead atoms. The molecule has 4 rings (SSSR count). The molecule has 2 heterocycles. The predicted molar refractivity (Wildman–Crippen MR) is 122 cm³/mol. The Morgan fingerprint density at radius 2 is 1.80 bits per heavy atom. The van der Waals surface area contributed by atoms with Crippen LogP contribution in [0.2, 0.25) is 0 Å². The normalized spacial score (nSPS) is 13.7. The van der Waals surface area contributed by atoms with E-state index in [0.717, 1.165) is 36.4 Å². The van der Waals surface area contributed by atoms with Gasteiger partial charge >= 0.3 is 0 Å². The van der Waals surface area contributed by atoms with Crippen molar-refractivity contribution >= 4 is 28.0 Å². The van der Waals surface area contributed by atoms with Crippen molar-refractivity contribution in [3.05, 3.63) is 87.3 Å². The first-order chi connectivity index (χ1) is 14.5. The maximum absolute atomic E-state index is 13.1. The lowest BCUT2D eigenvalue weighted by Gasteiger charge is -2.28. The standard InChI is InChI=1S/C25H26N2O2S/c1-3-21-14-22(24(29)19-10-8-17(2)9-11-19)25(30-21)26-23(28)16-27-13-12-18-6-4-5-7-20(18)15-27/h4-11,14H,3,12-13,15-16H2,1-2H3,(H,26,28). The first-order valence-corrected chi connectivity index (χ1v) is 11.2. The molecule has 0 aliphatic carbocycles. The monoisotopic (exact) mass is 418 g/mol. The number of rotatable bonds is 6. The van der Waals surface area contributed by atoms with E-state index < -0.39 is 0 Å². The van der Waals surface area contributed by atoms with E-state index in [-0.39, 0.29) is 11.7 Å². The summed E-state index contributed by atoms with van der Waals surface area (Å²) in [6.45, 7) is 6.03. The maximum Gasteiger partial charge on any atom is 0.239 e. The summed E-state index contributed by atoms with van der Waals surface area (Å²) < 4.78 is 0. The van der Waals surface area contributed by atoms with Crippen LogP contribution in [0.5, 0.6) is 0 Å². The van der Waals surface area contributed by atoms with Crippen LogP contribution in [-0.2, 0) is 24.2 Å². The van der Waals surface area contributed by atoms with Gasteiger partial charge in [0.1, 0.15) is 5.00 Å². The van der Waals surface area contributed by atoms with Gasteiger partial charge in [-0.15, -0.1) is 11.3 Å². The van der Waals surface area contributed by atoms with Crippen LogP contribution in [0, 0.1) is 6.92 Å². The zero-order valence-corrected chi connectivity index (χ0v) is 18.2. The lowest BCUT2D eigenvalue weighted by molar-refractivity contribution is -0.117. The Bertz CT molecular complexity index is 1070. The second-order valence-electron chi connectivity index (χ2n) is 7.78. The Morgan fingerprint density at radius 3 is 2.53 bits per heavy atom. The van der Waals surface area contributed by atoms with Crippen LogP contribution >= 0.6 is 11.3 Å². The second-order valence-corrected chi connectivity index (χ2v) is 8.92. The van der Waals surface area contributed by atoms with E-state index in [9.17, 15) is 9.59 Å². The van der Waals surface area contributed by atoms with Crippen LogP contribution in [0.1, 0.15) is 44.4 Å². The molecule has 0 spiro atoms. The molecule has 0 fully saturated rings. The van der Waals surface area contributed by atoms with Gasteiger partial charge in [0.2, 0.25) is 5.91 Å². The molecule has 3 aromatic rings. The maximum atomic E-state index is 13.1. The third-order valence-corrected chi connectivity index (χ3v) is 6.71. The van der Waals surface area contributed by atoms with Crippen molar-refractivity contribution in [2.75, 3.05) is 18.4 Å². The minimum atomic E-state index is -0.0724. The van der Waals surface area contributed by atoms with Crippen molar-refractivity contribution in [1.82, 2.24) is 4.90 Å². The van der Waals surface area contributed by atoms with Gasteiger partial charge in [0, 0.05) is 23.5 Å². The average Bonchev–Trinajstić information content (AvgIpc) is 3.16. The Hall–Kier alpha value is -2.76. The van der Waals surface area contributed by atoms with Crippen molar-refractivity contribution in [3.63, 3.8) is 0 Å². The summed E-state index contributed by atoms with van der Waals surface area (Å²) in [4.78, 5) is 29.1. The number of carbonyl (C=O) groups is 2. The molecule has 1 aliphatic heterocycles. The summed E-state index contributed by atoms with van der Waals surface area (Å²) in [5, 5.41) is 3.67. The number of anilines is 1. The number of fused-ring (bicyclic) bond motifs is 1. The molecule has 5 heteroatoms. The summed E-state index contributed by atoms with van der Waals surface area (Å²) in [5.41, 5.74) is 4.99. The van der Waals surface area contributed by atoms with Crippen LogP contribution in [0.4, 0.5) is 5.00 Å². The summed E-state index contributed by atoms with van der Waals surface area (Å²) in [6, 6.07) is 17.9. The molecule has 1 amide bonds. The first-order valence-electron chi connectivity index (χ1n) is 10.4. The summed E-state index contributed by atoms with van der Waals surface area (Å²) in [7, 11) is 0. The zero-order valence-electron chi connectivity index (χ0n) is 17.4. The number of thiophene rings is 1. The van der Waals surface area contributed by atoms with Crippen molar-refractivity contribution in [3.8, 4) is 0 Å². The van der Waals surface area contributed by atoms with Gasteiger partial charge in [-0.25, -0.2) is 0 Å². The molecule has 154 valence electrons.